The van der Waals surface area contributed by atoms with Gasteiger partial charge in [0, 0.05) is 20.1 Å². The first-order chi connectivity index (χ1) is 8.84. The van der Waals surface area contributed by atoms with Crippen molar-refractivity contribution in [3.8, 4) is 0 Å². The lowest BCUT2D eigenvalue weighted by atomic mass is 10.3. The molecule has 1 N–H and O–H groups in total. The largest absolute Gasteiger partial charge is 0.354 e. The molecule has 1 aliphatic rings. The maximum atomic E-state index is 4.61. The molecule has 0 radical (unpaired) electrons. The number of aromatic nitrogens is 2. The Labute approximate surface area is 108 Å². The van der Waals surface area contributed by atoms with E-state index >= 15 is 0 Å². The highest BCUT2D eigenvalue weighted by Gasteiger charge is 2.11. The topological polar surface area (TPSA) is 33.1 Å². The minimum absolute atomic E-state index is 0.968. The number of benzene rings is 1. The highest BCUT2D eigenvalue weighted by atomic mass is 15.2. The Bertz CT molecular complexity index is 526. The van der Waals surface area contributed by atoms with Gasteiger partial charge in [0.1, 0.15) is 0 Å². The Morgan fingerprint density at radius 3 is 2.78 bits per heavy atom. The summed E-state index contributed by atoms with van der Waals surface area (Å²) >= 11 is 0. The van der Waals surface area contributed by atoms with E-state index in [1.165, 1.54) is 31.4 Å². The van der Waals surface area contributed by atoms with E-state index in [1.54, 1.807) is 0 Å². The lowest BCUT2D eigenvalue weighted by Crippen LogP contribution is -2.26. The molecule has 3 rings (SSSR count). The van der Waals surface area contributed by atoms with Gasteiger partial charge in [-0.1, -0.05) is 12.1 Å². The Hall–Kier alpha value is -1.55. The van der Waals surface area contributed by atoms with Crippen molar-refractivity contribution < 1.29 is 0 Å². The van der Waals surface area contributed by atoms with Gasteiger partial charge in [0.25, 0.3) is 0 Å². The number of hydrogen-bond acceptors (Lipinski definition) is 3. The second-order valence-electron chi connectivity index (χ2n) is 4.96. The van der Waals surface area contributed by atoms with Crippen molar-refractivity contribution in [3.05, 3.63) is 24.3 Å². The van der Waals surface area contributed by atoms with E-state index < -0.39 is 0 Å². The highest BCUT2D eigenvalue weighted by molar-refractivity contribution is 5.78. The molecule has 0 aliphatic carbocycles. The quantitative estimate of drug-likeness (QED) is 0.894. The van der Waals surface area contributed by atoms with Crippen LogP contribution in [-0.4, -0.2) is 40.6 Å². The zero-order valence-corrected chi connectivity index (χ0v) is 10.9. The van der Waals surface area contributed by atoms with E-state index in [-0.39, 0.29) is 0 Å². The third-order valence-electron chi connectivity index (χ3n) is 3.70. The standard InChI is InChI=1S/C14H20N4/c1-17-13-7-3-2-6-12(13)16-14(17)15-8-11-18-9-4-5-10-18/h2-3,6-7H,4-5,8-11H2,1H3,(H,15,16). The summed E-state index contributed by atoms with van der Waals surface area (Å²) in [4.78, 5) is 7.12. The third kappa shape index (κ3) is 2.20. The van der Waals surface area contributed by atoms with Crippen LogP contribution in [0.1, 0.15) is 12.8 Å². The number of likely N-dealkylation sites (tertiary alicyclic amines) is 1. The van der Waals surface area contributed by atoms with E-state index in [9.17, 15) is 0 Å². The zero-order valence-electron chi connectivity index (χ0n) is 10.9. The molecule has 0 amide bonds. The molecular weight excluding hydrogens is 224 g/mol. The molecule has 4 nitrogen and oxygen atoms in total. The van der Waals surface area contributed by atoms with Gasteiger partial charge >= 0.3 is 0 Å². The van der Waals surface area contributed by atoms with Gasteiger partial charge in [0.2, 0.25) is 5.95 Å². The fraction of sp³-hybridized carbons (Fsp3) is 0.500. The van der Waals surface area contributed by atoms with Crippen LogP contribution < -0.4 is 5.32 Å². The number of hydrogen-bond donors (Lipinski definition) is 1. The molecule has 0 saturated carbocycles. The first-order valence-corrected chi connectivity index (χ1v) is 6.72. The van der Waals surface area contributed by atoms with E-state index in [0.29, 0.717) is 0 Å². The zero-order chi connectivity index (χ0) is 12.4. The number of fused-ring (bicyclic) bond motifs is 1. The van der Waals surface area contributed by atoms with Crippen LogP contribution in [0.3, 0.4) is 0 Å². The van der Waals surface area contributed by atoms with Gasteiger partial charge in [0.15, 0.2) is 0 Å². The maximum absolute atomic E-state index is 4.61. The molecule has 1 fully saturated rings. The lowest BCUT2D eigenvalue weighted by Gasteiger charge is -2.14. The van der Waals surface area contributed by atoms with Crippen LogP contribution in [0.5, 0.6) is 0 Å². The van der Waals surface area contributed by atoms with Crippen molar-refractivity contribution >= 4 is 17.0 Å². The SMILES string of the molecule is Cn1c(NCCN2CCCC2)nc2ccccc21. The number of nitrogens with zero attached hydrogens (tertiary/aromatic N) is 3. The molecule has 1 aromatic heterocycles. The molecular formula is C14H20N4. The van der Waals surface area contributed by atoms with Crippen LogP contribution in [0, 0.1) is 0 Å². The van der Waals surface area contributed by atoms with E-state index in [2.05, 4.69) is 45.0 Å². The first kappa shape index (κ1) is 11.5. The number of nitrogens with one attached hydrogen (secondary N) is 1. The highest BCUT2D eigenvalue weighted by Crippen LogP contribution is 2.17. The molecule has 0 atom stereocenters. The maximum Gasteiger partial charge on any atom is 0.203 e. The van der Waals surface area contributed by atoms with Crippen molar-refractivity contribution in [1.82, 2.24) is 14.5 Å². The fourth-order valence-electron chi connectivity index (χ4n) is 2.64. The Kier molecular flexibility index (Phi) is 3.19. The van der Waals surface area contributed by atoms with Gasteiger partial charge < -0.3 is 14.8 Å². The second kappa shape index (κ2) is 4.98. The number of rotatable bonds is 4. The Morgan fingerprint density at radius 1 is 1.22 bits per heavy atom. The summed E-state index contributed by atoms with van der Waals surface area (Å²) in [6.07, 6.45) is 2.71. The molecule has 0 unspecified atom stereocenters. The van der Waals surface area contributed by atoms with Gasteiger partial charge in [-0.05, 0) is 38.1 Å². The summed E-state index contributed by atoms with van der Waals surface area (Å²) in [6.45, 7) is 4.59. The summed E-state index contributed by atoms with van der Waals surface area (Å²) in [5.41, 5.74) is 2.24. The van der Waals surface area contributed by atoms with Gasteiger partial charge in [-0.2, -0.15) is 0 Å². The minimum atomic E-state index is 0.968. The molecule has 1 aromatic carbocycles. The predicted molar refractivity (Wildman–Crippen MR) is 74.9 cm³/mol. The molecule has 0 spiro atoms. The van der Waals surface area contributed by atoms with Crippen LogP contribution >= 0.6 is 0 Å². The molecule has 0 bridgehead atoms. The van der Waals surface area contributed by atoms with E-state index in [0.717, 1.165) is 24.6 Å². The molecule has 2 aromatic rings. The number of imidazole rings is 1. The van der Waals surface area contributed by atoms with Crippen LogP contribution in [0.15, 0.2) is 24.3 Å². The first-order valence-electron chi connectivity index (χ1n) is 6.72. The van der Waals surface area contributed by atoms with Gasteiger partial charge in [-0.25, -0.2) is 4.98 Å². The molecule has 1 saturated heterocycles. The van der Waals surface area contributed by atoms with E-state index in [1.807, 2.05) is 6.07 Å². The van der Waals surface area contributed by atoms with Gasteiger partial charge in [0.05, 0.1) is 11.0 Å². The summed E-state index contributed by atoms with van der Waals surface area (Å²) in [6, 6.07) is 8.25. The van der Waals surface area contributed by atoms with Crippen LogP contribution in [-0.2, 0) is 7.05 Å². The van der Waals surface area contributed by atoms with Crippen LogP contribution in [0.2, 0.25) is 0 Å². The monoisotopic (exact) mass is 244 g/mol. The van der Waals surface area contributed by atoms with Gasteiger partial charge in [-0.3, -0.25) is 0 Å². The second-order valence-corrected chi connectivity index (χ2v) is 4.96. The number of para-hydroxylation sites is 2. The fourth-order valence-corrected chi connectivity index (χ4v) is 2.64. The van der Waals surface area contributed by atoms with Gasteiger partial charge in [-0.15, -0.1) is 0 Å². The normalized spacial score (nSPS) is 16.5. The van der Waals surface area contributed by atoms with Crippen molar-refractivity contribution in [2.24, 2.45) is 7.05 Å². The van der Waals surface area contributed by atoms with Crippen molar-refractivity contribution in [2.45, 2.75) is 12.8 Å². The smallest absolute Gasteiger partial charge is 0.203 e. The summed E-state index contributed by atoms with van der Waals surface area (Å²) < 4.78 is 2.12. The number of aryl methyl sites for hydroxylation is 1. The molecule has 18 heavy (non-hydrogen) atoms. The van der Waals surface area contributed by atoms with Crippen LogP contribution in [0.25, 0.3) is 11.0 Å². The summed E-state index contributed by atoms with van der Waals surface area (Å²) in [5.74, 6) is 0.968. The number of anilines is 1. The Morgan fingerprint density at radius 2 is 2.00 bits per heavy atom. The molecule has 4 heteroatoms. The summed E-state index contributed by atoms with van der Waals surface area (Å²) in [5, 5.41) is 3.44. The summed E-state index contributed by atoms with van der Waals surface area (Å²) in [7, 11) is 2.06. The predicted octanol–water partition coefficient (Wildman–Crippen LogP) is 2.08. The van der Waals surface area contributed by atoms with Crippen molar-refractivity contribution in [3.63, 3.8) is 0 Å². The van der Waals surface area contributed by atoms with Crippen LogP contribution in [0.4, 0.5) is 5.95 Å². The van der Waals surface area contributed by atoms with Crippen molar-refractivity contribution in [2.75, 3.05) is 31.5 Å². The third-order valence-corrected chi connectivity index (χ3v) is 3.70. The van der Waals surface area contributed by atoms with Crippen molar-refractivity contribution in [1.29, 1.82) is 0 Å². The Balaban J connectivity index is 1.65. The average Bonchev–Trinajstić information content (AvgIpc) is 3.00. The molecule has 2 heterocycles. The molecule has 96 valence electrons. The molecule has 1 aliphatic heterocycles. The average molecular weight is 244 g/mol. The lowest BCUT2D eigenvalue weighted by molar-refractivity contribution is 0.352. The minimum Gasteiger partial charge on any atom is -0.354 e. The van der Waals surface area contributed by atoms with E-state index in [4.69, 9.17) is 0 Å².